The van der Waals surface area contributed by atoms with E-state index in [4.69, 9.17) is 5.11 Å². The van der Waals surface area contributed by atoms with Gasteiger partial charge in [-0.25, -0.2) is 4.79 Å². The molecule has 0 saturated heterocycles. The van der Waals surface area contributed by atoms with Crippen molar-refractivity contribution in [2.24, 2.45) is 0 Å². The Balaban J connectivity index is 2.73. The first-order valence-electron chi connectivity index (χ1n) is 4.29. The SMILES string of the molecule is CC(NC(=O)C(F)(F)F)c1cc(C(=O)O)no1. The number of aromatic carboxylic acids is 1. The van der Waals surface area contributed by atoms with E-state index in [1.54, 1.807) is 5.32 Å². The molecule has 2 N–H and O–H groups in total. The van der Waals surface area contributed by atoms with Crippen molar-refractivity contribution in [3.63, 3.8) is 0 Å². The van der Waals surface area contributed by atoms with Crippen molar-refractivity contribution < 1.29 is 32.4 Å². The highest BCUT2D eigenvalue weighted by atomic mass is 19.4. The summed E-state index contributed by atoms with van der Waals surface area (Å²) in [6.07, 6.45) is -5.01. The summed E-state index contributed by atoms with van der Waals surface area (Å²) in [7, 11) is 0. The number of rotatable bonds is 3. The molecular formula is C8H7F3N2O4. The maximum absolute atomic E-state index is 11.9. The molecule has 0 bridgehead atoms. The number of aromatic nitrogens is 1. The van der Waals surface area contributed by atoms with Crippen molar-refractivity contribution in [2.45, 2.75) is 19.1 Å². The second kappa shape index (κ2) is 4.44. The van der Waals surface area contributed by atoms with Crippen LogP contribution in [0.1, 0.15) is 29.2 Å². The number of carbonyl (C=O) groups is 2. The molecule has 0 spiro atoms. The smallest absolute Gasteiger partial charge is 0.471 e. The van der Waals surface area contributed by atoms with Gasteiger partial charge in [0.05, 0.1) is 6.04 Å². The Morgan fingerprint density at radius 1 is 1.53 bits per heavy atom. The highest BCUT2D eigenvalue weighted by molar-refractivity contribution is 5.85. The van der Waals surface area contributed by atoms with Gasteiger partial charge in [0.2, 0.25) is 0 Å². The average molecular weight is 252 g/mol. The van der Waals surface area contributed by atoms with E-state index in [0.717, 1.165) is 6.07 Å². The topological polar surface area (TPSA) is 92.4 Å². The predicted octanol–water partition coefficient (Wildman–Crippen LogP) is 1.11. The minimum atomic E-state index is -5.01. The fraction of sp³-hybridized carbons (Fsp3) is 0.375. The number of nitrogens with zero attached hydrogens (tertiary/aromatic N) is 1. The van der Waals surface area contributed by atoms with E-state index < -0.39 is 29.8 Å². The van der Waals surface area contributed by atoms with Gasteiger partial charge >= 0.3 is 18.1 Å². The maximum Gasteiger partial charge on any atom is 0.471 e. The zero-order chi connectivity index (χ0) is 13.2. The standard InChI is InChI=1S/C8H7F3N2O4/c1-3(12-7(16)8(9,10)11)5-2-4(6(14)15)13-17-5/h2-3H,1H3,(H,12,16)(H,14,15). The van der Waals surface area contributed by atoms with Crippen LogP contribution in [0.3, 0.4) is 0 Å². The third-order valence-electron chi connectivity index (χ3n) is 1.78. The maximum atomic E-state index is 11.9. The van der Waals surface area contributed by atoms with Crippen molar-refractivity contribution in [3.8, 4) is 0 Å². The molecule has 1 atom stereocenters. The van der Waals surface area contributed by atoms with Gasteiger partial charge in [0.15, 0.2) is 11.5 Å². The van der Waals surface area contributed by atoms with Crippen LogP contribution in [0.25, 0.3) is 0 Å². The van der Waals surface area contributed by atoms with Gasteiger partial charge in [0.25, 0.3) is 0 Å². The lowest BCUT2D eigenvalue weighted by molar-refractivity contribution is -0.174. The Kier molecular flexibility index (Phi) is 3.39. The first-order chi connectivity index (χ1) is 7.71. The largest absolute Gasteiger partial charge is 0.476 e. The third kappa shape index (κ3) is 3.20. The van der Waals surface area contributed by atoms with Crippen LogP contribution in [0, 0.1) is 0 Å². The number of nitrogens with one attached hydrogen (secondary N) is 1. The van der Waals surface area contributed by atoms with Crippen LogP contribution in [0.2, 0.25) is 0 Å². The number of halogens is 3. The van der Waals surface area contributed by atoms with Gasteiger partial charge in [-0.2, -0.15) is 13.2 Å². The van der Waals surface area contributed by atoms with Gasteiger partial charge < -0.3 is 14.9 Å². The van der Waals surface area contributed by atoms with Crippen LogP contribution in [0.4, 0.5) is 13.2 Å². The number of hydrogen-bond donors (Lipinski definition) is 2. The number of carbonyl (C=O) groups excluding carboxylic acids is 1. The van der Waals surface area contributed by atoms with Crippen molar-refractivity contribution in [2.75, 3.05) is 0 Å². The molecule has 1 aromatic rings. The van der Waals surface area contributed by atoms with Crippen molar-refractivity contribution >= 4 is 11.9 Å². The first-order valence-corrected chi connectivity index (χ1v) is 4.29. The number of hydrogen-bond acceptors (Lipinski definition) is 4. The Bertz CT molecular complexity index is 440. The van der Waals surface area contributed by atoms with Crippen LogP contribution < -0.4 is 5.32 Å². The summed E-state index contributed by atoms with van der Waals surface area (Å²) in [6, 6.07) is -0.200. The Morgan fingerprint density at radius 3 is 2.53 bits per heavy atom. The Labute approximate surface area is 92.4 Å². The van der Waals surface area contributed by atoms with Crippen LogP contribution in [-0.4, -0.2) is 28.3 Å². The van der Waals surface area contributed by atoms with Crippen LogP contribution in [-0.2, 0) is 4.79 Å². The lowest BCUT2D eigenvalue weighted by Crippen LogP contribution is -2.38. The van der Waals surface area contributed by atoms with Gasteiger partial charge in [-0.05, 0) is 6.92 Å². The molecule has 1 aromatic heterocycles. The van der Waals surface area contributed by atoms with Gasteiger partial charge in [-0.1, -0.05) is 5.16 Å². The van der Waals surface area contributed by atoms with E-state index in [0.29, 0.717) is 0 Å². The molecule has 0 saturated carbocycles. The third-order valence-corrected chi connectivity index (χ3v) is 1.78. The van der Waals surface area contributed by atoms with Crippen LogP contribution in [0.15, 0.2) is 10.6 Å². The zero-order valence-corrected chi connectivity index (χ0v) is 8.41. The highest BCUT2D eigenvalue weighted by Crippen LogP contribution is 2.19. The molecule has 1 heterocycles. The second-order valence-corrected chi connectivity index (χ2v) is 3.11. The molecule has 17 heavy (non-hydrogen) atoms. The Hall–Kier alpha value is -2.06. The van der Waals surface area contributed by atoms with Crippen molar-refractivity contribution in [3.05, 3.63) is 17.5 Å². The van der Waals surface area contributed by atoms with Gasteiger partial charge in [0.1, 0.15) is 0 Å². The summed E-state index contributed by atoms with van der Waals surface area (Å²) >= 11 is 0. The summed E-state index contributed by atoms with van der Waals surface area (Å²) in [6.45, 7) is 1.20. The van der Waals surface area contributed by atoms with E-state index in [9.17, 15) is 22.8 Å². The molecule has 0 aliphatic heterocycles. The van der Waals surface area contributed by atoms with E-state index >= 15 is 0 Å². The van der Waals surface area contributed by atoms with E-state index in [-0.39, 0.29) is 5.76 Å². The van der Waals surface area contributed by atoms with Gasteiger partial charge in [-0.15, -0.1) is 0 Å². The molecule has 0 fully saturated rings. The fourth-order valence-corrected chi connectivity index (χ4v) is 0.944. The molecule has 1 unspecified atom stereocenters. The van der Waals surface area contributed by atoms with Gasteiger partial charge in [-0.3, -0.25) is 4.79 Å². The second-order valence-electron chi connectivity index (χ2n) is 3.11. The summed E-state index contributed by atoms with van der Waals surface area (Å²) in [5, 5.41) is 13.2. The molecule has 9 heteroatoms. The summed E-state index contributed by atoms with van der Waals surface area (Å²) < 4.78 is 40.2. The van der Waals surface area contributed by atoms with Crippen molar-refractivity contribution in [1.82, 2.24) is 10.5 Å². The highest BCUT2D eigenvalue weighted by Gasteiger charge is 2.39. The summed E-state index contributed by atoms with van der Waals surface area (Å²) in [5.74, 6) is -3.70. The van der Waals surface area contributed by atoms with E-state index in [1.165, 1.54) is 6.92 Å². The van der Waals surface area contributed by atoms with E-state index in [2.05, 4.69) is 9.68 Å². The first kappa shape index (κ1) is 13.0. The molecule has 0 radical (unpaired) electrons. The molecule has 1 rings (SSSR count). The molecule has 0 aliphatic carbocycles. The number of alkyl halides is 3. The molecule has 6 nitrogen and oxygen atoms in total. The van der Waals surface area contributed by atoms with Crippen LogP contribution >= 0.6 is 0 Å². The minimum absolute atomic E-state index is 0.181. The number of carboxylic acid groups (broad SMARTS) is 1. The average Bonchev–Trinajstić information content (AvgIpc) is 2.64. The van der Waals surface area contributed by atoms with Crippen LogP contribution in [0.5, 0.6) is 0 Å². The zero-order valence-electron chi connectivity index (χ0n) is 8.41. The van der Waals surface area contributed by atoms with Gasteiger partial charge in [0, 0.05) is 6.07 Å². The summed E-state index contributed by atoms with van der Waals surface area (Å²) in [4.78, 5) is 21.0. The quantitative estimate of drug-likeness (QED) is 0.840. The molecular weight excluding hydrogens is 245 g/mol. The van der Waals surface area contributed by atoms with E-state index in [1.807, 2.05) is 0 Å². The molecule has 0 aromatic carbocycles. The summed E-state index contributed by atoms with van der Waals surface area (Å²) in [5.41, 5.74) is -0.451. The predicted molar refractivity (Wildman–Crippen MR) is 46.1 cm³/mol. The number of amides is 1. The normalized spacial score (nSPS) is 13.2. The molecule has 1 amide bonds. The lowest BCUT2D eigenvalue weighted by atomic mass is 10.2. The molecule has 94 valence electrons. The Morgan fingerprint density at radius 2 is 2.12 bits per heavy atom. The molecule has 0 aliphatic rings. The fourth-order valence-electron chi connectivity index (χ4n) is 0.944. The monoisotopic (exact) mass is 252 g/mol. The minimum Gasteiger partial charge on any atom is -0.476 e. The lowest BCUT2D eigenvalue weighted by Gasteiger charge is -2.11. The number of carboxylic acids is 1. The van der Waals surface area contributed by atoms with Crippen molar-refractivity contribution in [1.29, 1.82) is 0 Å².